The van der Waals surface area contributed by atoms with E-state index in [0.717, 1.165) is 39.0 Å². The van der Waals surface area contributed by atoms with Crippen LogP contribution in [0.5, 0.6) is 0 Å². The van der Waals surface area contributed by atoms with E-state index in [4.69, 9.17) is 4.74 Å². The van der Waals surface area contributed by atoms with Crippen LogP contribution in [0.3, 0.4) is 0 Å². The monoisotopic (exact) mass is 480 g/mol. The van der Waals surface area contributed by atoms with E-state index in [9.17, 15) is 4.79 Å². The number of carbonyl (C=O) groups excluding carboxylic acids is 1. The number of hydrogen-bond donors (Lipinski definition) is 0. The molecule has 0 bridgehead atoms. The average Bonchev–Trinajstić information content (AvgIpc) is 2.97. The minimum Gasteiger partial charge on any atom is -0.462 e. The van der Waals surface area contributed by atoms with Crippen LogP contribution in [0.2, 0.25) is 0 Å². The van der Waals surface area contributed by atoms with Gasteiger partial charge in [0, 0.05) is 0 Å². The average molecular weight is 481 g/mol. The third-order valence-corrected chi connectivity index (χ3v) is 6.34. The Labute approximate surface area is 218 Å². The number of ether oxygens (including phenoxy) is 1. The molecule has 5 aromatic carbocycles. The van der Waals surface area contributed by atoms with Crippen molar-refractivity contribution in [2.24, 2.45) is 0 Å². The van der Waals surface area contributed by atoms with Crippen LogP contribution >= 0.6 is 0 Å². The lowest BCUT2D eigenvalue weighted by Gasteiger charge is -2.20. The Morgan fingerprint density at radius 1 is 0.514 bits per heavy atom. The van der Waals surface area contributed by atoms with E-state index in [1.807, 2.05) is 49.4 Å². The van der Waals surface area contributed by atoms with E-state index in [0.29, 0.717) is 12.2 Å². The summed E-state index contributed by atoms with van der Waals surface area (Å²) in [4.78, 5) is 12.2. The van der Waals surface area contributed by atoms with E-state index >= 15 is 0 Å². The lowest BCUT2D eigenvalue weighted by molar-refractivity contribution is 0.0526. The molecular weight excluding hydrogens is 452 g/mol. The van der Waals surface area contributed by atoms with Crippen LogP contribution in [-0.2, 0) is 4.74 Å². The van der Waals surface area contributed by atoms with Gasteiger partial charge in [0.05, 0.1) is 12.2 Å². The number of rotatable bonds is 7. The molecule has 2 heteroatoms. The van der Waals surface area contributed by atoms with Crippen molar-refractivity contribution < 1.29 is 9.53 Å². The molecule has 5 rings (SSSR count). The van der Waals surface area contributed by atoms with Gasteiger partial charge in [-0.15, -0.1) is 0 Å². The fourth-order valence-electron chi connectivity index (χ4n) is 4.66. The van der Waals surface area contributed by atoms with Gasteiger partial charge < -0.3 is 4.74 Å². The Morgan fingerprint density at radius 2 is 0.973 bits per heavy atom. The fourth-order valence-corrected chi connectivity index (χ4v) is 4.66. The first-order chi connectivity index (χ1) is 18.3. The standard InChI is InChI=1S/C35H28O2/c1-2-37-35(36)30-24-22-26(23-25-30)31-20-12-13-21-32(31)34(29-18-10-5-11-19-29)33(27-14-6-3-7-15-27)28-16-8-4-9-17-28/h3-25H,2H2,1H3. The van der Waals surface area contributed by atoms with Crippen LogP contribution < -0.4 is 0 Å². The quantitative estimate of drug-likeness (QED) is 0.172. The Balaban J connectivity index is 1.78. The SMILES string of the molecule is CCOC(=O)c1ccc(-c2ccccc2C(=C(c2ccccc2)c2ccccc2)c2ccccc2)cc1. The summed E-state index contributed by atoms with van der Waals surface area (Å²) in [6, 6.07) is 47.8. The van der Waals surface area contributed by atoms with Crippen LogP contribution in [0.15, 0.2) is 140 Å². The predicted octanol–water partition coefficient (Wildman–Crippen LogP) is 8.54. The highest BCUT2D eigenvalue weighted by molar-refractivity contribution is 6.07. The van der Waals surface area contributed by atoms with Gasteiger partial charge in [0.1, 0.15) is 0 Å². The maximum atomic E-state index is 12.2. The zero-order valence-electron chi connectivity index (χ0n) is 20.8. The summed E-state index contributed by atoms with van der Waals surface area (Å²) in [6.45, 7) is 2.17. The summed E-state index contributed by atoms with van der Waals surface area (Å²) in [7, 11) is 0. The van der Waals surface area contributed by atoms with Crippen molar-refractivity contribution in [2.45, 2.75) is 6.92 Å². The van der Waals surface area contributed by atoms with Crippen LogP contribution in [-0.4, -0.2) is 12.6 Å². The number of esters is 1. The minimum atomic E-state index is -0.303. The molecule has 0 aliphatic rings. The summed E-state index contributed by atoms with van der Waals surface area (Å²) < 4.78 is 5.18. The van der Waals surface area contributed by atoms with E-state index in [1.165, 1.54) is 5.57 Å². The van der Waals surface area contributed by atoms with Gasteiger partial charge in [-0.2, -0.15) is 0 Å². The molecule has 0 fully saturated rings. The van der Waals surface area contributed by atoms with E-state index in [2.05, 4.69) is 97.1 Å². The third-order valence-electron chi connectivity index (χ3n) is 6.34. The minimum absolute atomic E-state index is 0.303. The van der Waals surface area contributed by atoms with Gasteiger partial charge in [-0.05, 0) is 63.6 Å². The van der Waals surface area contributed by atoms with Gasteiger partial charge in [-0.3, -0.25) is 0 Å². The smallest absolute Gasteiger partial charge is 0.338 e. The van der Waals surface area contributed by atoms with Gasteiger partial charge in [0.2, 0.25) is 0 Å². The molecule has 0 aliphatic carbocycles. The normalized spacial score (nSPS) is 10.5. The zero-order valence-corrected chi connectivity index (χ0v) is 20.8. The fraction of sp³-hybridized carbons (Fsp3) is 0.0571. The molecule has 0 aromatic heterocycles. The summed E-state index contributed by atoms with van der Waals surface area (Å²) >= 11 is 0. The molecule has 0 spiro atoms. The topological polar surface area (TPSA) is 26.3 Å². The van der Waals surface area contributed by atoms with Gasteiger partial charge >= 0.3 is 5.97 Å². The number of carbonyl (C=O) groups is 1. The Hall–Kier alpha value is -4.69. The van der Waals surface area contributed by atoms with Gasteiger partial charge in [-0.25, -0.2) is 4.79 Å². The summed E-state index contributed by atoms with van der Waals surface area (Å²) in [6.07, 6.45) is 0. The van der Waals surface area contributed by atoms with Crippen molar-refractivity contribution >= 4 is 17.1 Å². The molecule has 0 unspecified atom stereocenters. The Bertz CT molecular complexity index is 1460. The molecule has 0 saturated heterocycles. The lowest BCUT2D eigenvalue weighted by atomic mass is 9.83. The molecule has 0 N–H and O–H groups in total. The van der Waals surface area contributed by atoms with E-state index in [1.54, 1.807) is 0 Å². The molecule has 180 valence electrons. The second-order valence-electron chi connectivity index (χ2n) is 8.69. The molecule has 0 aliphatic heterocycles. The maximum absolute atomic E-state index is 12.2. The van der Waals surface area contributed by atoms with Crippen LogP contribution in [0, 0.1) is 0 Å². The highest BCUT2D eigenvalue weighted by Gasteiger charge is 2.19. The van der Waals surface area contributed by atoms with Crippen molar-refractivity contribution in [1.29, 1.82) is 0 Å². The first-order valence-electron chi connectivity index (χ1n) is 12.5. The molecule has 37 heavy (non-hydrogen) atoms. The number of benzene rings is 5. The van der Waals surface area contributed by atoms with Crippen molar-refractivity contribution in [1.82, 2.24) is 0 Å². The first-order valence-corrected chi connectivity index (χ1v) is 12.5. The lowest BCUT2D eigenvalue weighted by Crippen LogP contribution is -2.04. The summed E-state index contributed by atoms with van der Waals surface area (Å²) in [5.41, 5.74) is 9.59. The summed E-state index contributed by atoms with van der Waals surface area (Å²) in [5, 5.41) is 0. The van der Waals surface area contributed by atoms with Gasteiger partial charge in [0.25, 0.3) is 0 Å². The molecule has 0 atom stereocenters. The highest BCUT2D eigenvalue weighted by Crippen LogP contribution is 2.40. The Morgan fingerprint density at radius 3 is 1.49 bits per heavy atom. The van der Waals surface area contributed by atoms with Crippen molar-refractivity contribution in [3.63, 3.8) is 0 Å². The molecule has 0 radical (unpaired) electrons. The van der Waals surface area contributed by atoms with Crippen LogP contribution in [0.1, 0.15) is 39.5 Å². The van der Waals surface area contributed by atoms with Crippen LogP contribution in [0.25, 0.3) is 22.3 Å². The maximum Gasteiger partial charge on any atom is 0.338 e. The van der Waals surface area contributed by atoms with Gasteiger partial charge in [0.15, 0.2) is 0 Å². The first kappa shape index (κ1) is 24.0. The molecule has 0 heterocycles. The zero-order chi connectivity index (χ0) is 25.5. The molecule has 0 amide bonds. The second-order valence-corrected chi connectivity index (χ2v) is 8.69. The molecular formula is C35H28O2. The predicted molar refractivity (Wildman–Crippen MR) is 152 cm³/mol. The largest absolute Gasteiger partial charge is 0.462 e. The van der Waals surface area contributed by atoms with Crippen molar-refractivity contribution in [3.05, 3.63) is 167 Å². The summed E-state index contributed by atoms with van der Waals surface area (Å²) in [5.74, 6) is -0.303. The Kier molecular flexibility index (Phi) is 7.38. The van der Waals surface area contributed by atoms with Gasteiger partial charge in [-0.1, -0.05) is 127 Å². The number of hydrogen-bond acceptors (Lipinski definition) is 2. The van der Waals surface area contributed by atoms with Crippen molar-refractivity contribution in [3.8, 4) is 11.1 Å². The van der Waals surface area contributed by atoms with Crippen LogP contribution in [0.4, 0.5) is 0 Å². The van der Waals surface area contributed by atoms with E-state index in [-0.39, 0.29) is 5.97 Å². The molecule has 2 nitrogen and oxygen atoms in total. The molecule has 0 saturated carbocycles. The second kappa shape index (κ2) is 11.4. The third kappa shape index (κ3) is 5.29. The van der Waals surface area contributed by atoms with Crippen molar-refractivity contribution in [2.75, 3.05) is 6.61 Å². The highest BCUT2D eigenvalue weighted by atomic mass is 16.5. The molecule has 5 aromatic rings. The van der Waals surface area contributed by atoms with E-state index < -0.39 is 0 Å².